The van der Waals surface area contributed by atoms with E-state index >= 15 is 0 Å². The Morgan fingerprint density at radius 2 is 1.96 bits per heavy atom. The molecule has 1 aliphatic carbocycles. The van der Waals surface area contributed by atoms with Crippen LogP contribution in [0.5, 0.6) is 5.75 Å². The number of carbonyl (C=O) groups excluding carboxylic acids is 2. The molecule has 0 radical (unpaired) electrons. The molecule has 2 amide bonds. The lowest BCUT2D eigenvalue weighted by atomic mass is 10.0. The van der Waals surface area contributed by atoms with Crippen LogP contribution in [0.25, 0.3) is 0 Å². The highest BCUT2D eigenvalue weighted by Gasteiger charge is 2.55. The fraction of sp³-hybridized carbons (Fsp3) is 0.526. The van der Waals surface area contributed by atoms with Crippen molar-refractivity contribution in [3.8, 4) is 5.75 Å². The average molecular weight is 360 g/mol. The van der Waals surface area contributed by atoms with Gasteiger partial charge in [-0.2, -0.15) is 0 Å². The second kappa shape index (κ2) is 7.76. The number of nitrogens with zero attached hydrogens (tertiary/aromatic N) is 1. The summed E-state index contributed by atoms with van der Waals surface area (Å²) < 4.78 is 5.51. The number of rotatable bonds is 8. The van der Waals surface area contributed by atoms with Crippen molar-refractivity contribution in [2.75, 3.05) is 19.7 Å². The lowest BCUT2D eigenvalue weighted by molar-refractivity contribution is -0.148. The molecule has 0 aromatic heterocycles. The number of nitrogens with one attached hydrogen (secondary N) is 1. The van der Waals surface area contributed by atoms with Crippen molar-refractivity contribution in [3.05, 3.63) is 30.3 Å². The molecule has 1 unspecified atom stereocenters. The van der Waals surface area contributed by atoms with E-state index in [1.807, 2.05) is 30.3 Å². The highest BCUT2D eigenvalue weighted by molar-refractivity contribution is 5.88. The molecule has 2 N–H and O–H groups in total. The normalized spacial score (nSPS) is 20.0. The summed E-state index contributed by atoms with van der Waals surface area (Å²) in [5.41, 5.74) is 0.0114. The molecule has 0 bridgehead atoms. The maximum Gasteiger partial charge on any atom is 0.326 e. The maximum atomic E-state index is 12.3. The van der Waals surface area contributed by atoms with E-state index < -0.39 is 12.0 Å². The summed E-state index contributed by atoms with van der Waals surface area (Å²) in [6.07, 6.45) is 3.29. The van der Waals surface area contributed by atoms with Crippen LogP contribution in [0.2, 0.25) is 0 Å². The fourth-order valence-electron chi connectivity index (χ4n) is 3.38. The standard InChI is InChI=1S/C19H24N2O5/c22-16(7-4-10-26-14-5-2-1-3-6-14)20-12-17(23)21-13-19(8-9-19)11-15(21)18(24)25/h1-3,5-6,15H,4,7-13H2,(H,20,22)(H,24,25). The van der Waals surface area contributed by atoms with E-state index in [1.54, 1.807) is 0 Å². The predicted molar refractivity (Wildman–Crippen MR) is 93.6 cm³/mol. The van der Waals surface area contributed by atoms with Gasteiger partial charge < -0.3 is 20.1 Å². The number of benzene rings is 1. The predicted octanol–water partition coefficient (Wildman–Crippen LogP) is 1.43. The van der Waals surface area contributed by atoms with E-state index in [1.165, 1.54) is 4.90 Å². The van der Waals surface area contributed by atoms with Crippen LogP contribution in [0, 0.1) is 5.41 Å². The Kier molecular flexibility index (Phi) is 5.44. The van der Waals surface area contributed by atoms with Crippen LogP contribution in [0.3, 0.4) is 0 Å². The molecule has 1 saturated heterocycles. The van der Waals surface area contributed by atoms with Gasteiger partial charge in [0, 0.05) is 13.0 Å². The van der Waals surface area contributed by atoms with Crippen LogP contribution in [0.4, 0.5) is 0 Å². The minimum Gasteiger partial charge on any atom is -0.494 e. The number of hydrogen-bond donors (Lipinski definition) is 2. The zero-order chi connectivity index (χ0) is 18.6. The number of likely N-dealkylation sites (tertiary alicyclic amines) is 1. The zero-order valence-corrected chi connectivity index (χ0v) is 14.6. The second-order valence-electron chi connectivity index (χ2n) is 7.12. The van der Waals surface area contributed by atoms with Gasteiger partial charge in [0.2, 0.25) is 11.8 Å². The van der Waals surface area contributed by atoms with Crippen molar-refractivity contribution in [2.45, 2.75) is 38.1 Å². The molecular formula is C19H24N2O5. The topological polar surface area (TPSA) is 95.9 Å². The lowest BCUT2D eigenvalue weighted by Gasteiger charge is -2.21. The van der Waals surface area contributed by atoms with Crippen molar-refractivity contribution in [3.63, 3.8) is 0 Å². The monoisotopic (exact) mass is 360 g/mol. The highest BCUT2D eigenvalue weighted by Crippen LogP contribution is 2.54. The first-order chi connectivity index (χ1) is 12.5. The van der Waals surface area contributed by atoms with Gasteiger partial charge in [0.25, 0.3) is 0 Å². The third-order valence-electron chi connectivity index (χ3n) is 5.07. The van der Waals surface area contributed by atoms with Crippen LogP contribution in [0.15, 0.2) is 30.3 Å². The Morgan fingerprint density at radius 3 is 2.62 bits per heavy atom. The minimum absolute atomic E-state index is 0.0114. The Bertz CT molecular complexity index is 672. The van der Waals surface area contributed by atoms with E-state index in [0.29, 0.717) is 26.0 Å². The first kappa shape index (κ1) is 18.2. The molecule has 1 saturated carbocycles. The SMILES string of the molecule is O=C(CCCOc1ccccc1)NCC(=O)N1CC2(CC2)CC1C(=O)O. The third-order valence-corrected chi connectivity index (χ3v) is 5.07. The van der Waals surface area contributed by atoms with Crippen molar-refractivity contribution >= 4 is 17.8 Å². The van der Waals surface area contributed by atoms with E-state index in [4.69, 9.17) is 4.74 Å². The summed E-state index contributed by atoms with van der Waals surface area (Å²) in [4.78, 5) is 37.0. The number of hydrogen-bond acceptors (Lipinski definition) is 4. The Labute approximate surface area is 152 Å². The lowest BCUT2D eigenvalue weighted by Crippen LogP contribution is -2.45. The fourth-order valence-corrected chi connectivity index (χ4v) is 3.38. The van der Waals surface area contributed by atoms with Gasteiger partial charge in [0.1, 0.15) is 11.8 Å². The second-order valence-corrected chi connectivity index (χ2v) is 7.12. The number of amides is 2. The number of carbonyl (C=O) groups is 3. The van der Waals surface area contributed by atoms with Gasteiger partial charge in [-0.15, -0.1) is 0 Å². The quantitative estimate of drug-likeness (QED) is 0.684. The van der Waals surface area contributed by atoms with E-state index in [2.05, 4.69) is 5.32 Å². The van der Waals surface area contributed by atoms with Gasteiger partial charge in [-0.1, -0.05) is 18.2 Å². The molecule has 26 heavy (non-hydrogen) atoms. The molecular weight excluding hydrogens is 336 g/mol. The van der Waals surface area contributed by atoms with Gasteiger partial charge in [-0.25, -0.2) is 4.79 Å². The van der Waals surface area contributed by atoms with Crippen molar-refractivity contribution in [1.82, 2.24) is 10.2 Å². The van der Waals surface area contributed by atoms with Crippen LogP contribution in [0.1, 0.15) is 32.1 Å². The molecule has 1 spiro atoms. The molecule has 1 aliphatic heterocycles. The van der Waals surface area contributed by atoms with Crippen molar-refractivity contribution < 1.29 is 24.2 Å². The molecule has 7 heteroatoms. The number of carboxylic acids is 1. The summed E-state index contributed by atoms with van der Waals surface area (Å²) in [6, 6.07) is 8.59. The Morgan fingerprint density at radius 1 is 1.23 bits per heavy atom. The molecule has 1 aromatic rings. The highest BCUT2D eigenvalue weighted by atomic mass is 16.5. The van der Waals surface area contributed by atoms with Gasteiger partial charge in [0.15, 0.2) is 0 Å². The van der Waals surface area contributed by atoms with Crippen LogP contribution >= 0.6 is 0 Å². The maximum absolute atomic E-state index is 12.3. The van der Waals surface area contributed by atoms with Crippen LogP contribution in [-0.4, -0.2) is 53.5 Å². The molecule has 1 heterocycles. The zero-order valence-electron chi connectivity index (χ0n) is 14.6. The summed E-state index contributed by atoms with van der Waals surface area (Å²) in [6.45, 7) is 0.753. The molecule has 1 atom stereocenters. The Balaban J connectivity index is 1.36. The number of para-hydroxylation sites is 1. The van der Waals surface area contributed by atoms with E-state index in [-0.39, 0.29) is 30.2 Å². The molecule has 2 aliphatic rings. The largest absolute Gasteiger partial charge is 0.494 e. The van der Waals surface area contributed by atoms with Crippen molar-refractivity contribution in [1.29, 1.82) is 0 Å². The summed E-state index contributed by atoms with van der Waals surface area (Å²) in [5, 5.41) is 11.9. The molecule has 1 aromatic carbocycles. The minimum atomic E-state index is -0.966. The molecule has 3 rings (SSSR count). The van der Waals surface area contributed by atoms with Gasteiger partial charge >= 0.3 is 5.97 Å². The molecule has 2 fully saturated rings. The first-order valence-corrected chi connectivity index (χ1v) is 8.96. The number of ether oxygens (including phenoxy) is 1. The van der Waals surface area contributed by atoms with E-state index in [0.717, 1.165) is 18.6 Å². The van der Waals surface area contributed by atoms with Gasteiger partial charge in [0.05, 0.1) is 13.2 Å². The summed E-state index contributed by atoms with van der Waals surface area (Å²) >= 11 is 0. The van der Waals surface area contributed by atoms with Crippen LogP contribution < -0.4 is 10.1 Å². The smallest absolute Gasteiger partial charge is 0.326 e. The average Bonchev–Trinajstić information content (AvgIpc) is 3.27. The van der Waals surface area contributed by atoms with Crippen LogP contribution in [-0.2, 0) is 14.4 Å². The molecule has 7 nitrogen and oxygen atoms in total. The first-order valence-electron chi connectivity index (χ1n) is 8.96. The number of aliphatic carboxylic acids is 1. The van der Waals surface area contributed by atoms with Gasteiger partial charge in [-0.05, 0) is 43.2 Å². The summed E-state index contributed by atoms with van der Waals surface area (Å²) in [5.74, 6) is -0.769. The van der Waals surface area contributed by atoms with Crippen molar-refractivity contribution in [2.24, 2.45) is 5.41 Å². The molecule has 140 valence electrons. The number of carboxylic acid groups (broad SMARTS) is 1. The van der Waals surface area contributed by atoms with E-state index in [9.17, 15) is 19.5 Å². The summed E-state index contributed by atoms with van der Waals surface area (Å²) in [7, 11) is 0. The third kappa shape index (κ3) is 4.53. The Hall–Kier alpha value is -2.57. The van der Waals surface area contributed by atoms with Gasteiger partial charge in [-0.3, -0.25) is 9.59 Å².